The van der Waals surface area contributed by atoms with Crippen molar-refractivity contribution in [2.75, 3.05) is 13.1 Å². The highest BCUT2D eigenvalue weighted by Crippen LogP contribution is 2.24. The molecule has 1 fully saturated rings. The van der Waals surface area contributed by atoms with Crippen molar-refractivity contribution in [2.24, 2.45) is 11.3 Å². The molecule has 3 unspecified atom stereocenters. The number of hydrogen-bond donors (Lipinski definition) is 3. The number of rotatable bonds is 1. The lowest BCUT2D eigenvalue weighted by atomic mass is 9.90. The average Bonchev–Trinajstić information content (AvgIpc) is 2.94. The summed E-state index contributed by atoms with van der Waals surface area (Å²) in [5.41, 5.74) is 5.26. The number of carbonyl (C=O) groups excluding carboxylic acids is 3. The van der Waals surface area contributed by atoms with Crippen LogP contribution in [-0.4, -0.2) is 65.7 Å². The standard InChI is InChI=1S/C30H41N5O4.CHF3/c1-18(2)26-27(36)32-19(3)28(37)35-15-7-8-24(34-35)29(38)39-20(4)23-12-11-22-10-9-21(16-25(22)33-23)13-14-30(5,6)17-31-26;2-1(3)4/h9-14,16,18-20,24,26,31,34H,7-8,15,17H2,1-6H3,(H,32,36);1H/b14-13+;/t19?,20-,24?,26?;/m1./s1. The summed E-state index contributed by atoms with van der Waals surface area (Å²) < 4.78 is 34.8. The highest BCUT2D eigenvalue weighted by atomic mass is 19.4. The Morgan fingerprint density at radius 3 is 2.42 bits per heavy atom. The molecule has 4 atom stereocenters. The lowest BCUT2D eigenvalue weighted by Gasteiger charge is -2.35. The van der Waals surface area contributed by atoms with Gasteiger partial charge in [0.2, 0.25) is 5.91 Å². The minimum absolute atomic E-state index is 0.0173. The van der Waals surface area contributed by atoms with Gasteiger partial charge in [-0.05, 0) is 55.7 Å². The maximum absolute atomic E-state index is 13.2. The summed E-state index contributed by atoms with van der Waals surface area (Å²) in [6.45, 7) is 9.00. The number of carbonyl (C=O) groups is 3. The van der Waals surface area contributed by atoms with Gasteiger partial charge in [-0.15, -0.1) is 0 Å². The Labute approximate surface area is 250 Å². The SMILES string of the molecule is CC1NC(=O)C(C(C)C)NCC(C)(C)/C=C/c2ccc3ccc(nc3c2)[C@@H](C)OC(=O)C2CCCN(N2)C1=O.FC(F)F. The number of alkyl halides is 3. The van der Waals surface area contributed by atoms with Crippen molar-refractivity contribution >= 4 is 34.8 Å². The second-order valence-corrected chi connectivity index (χ2v) is 12.0. The van der Waals surface area contributed by atoms with E-state index in [1.54, 1.807) is 13.8 Å². The van der Waals surface area contributed by atoms with Crippen LogP contribution in [0.3, 0.4) is 0 Å². The summed E-state index contributed by atoms with van der Waals surface area (Å²) in [4.78, 5) is 44.2. The van der Waals surface area contributed by atoms with E-state index in [9.17, 15) is 27.6 Å². The van der Waals surface area contributed by atoms with Crippen molar-refractivity contribution in [2.45, 2.75) is 85.3 Å². The first-order valence-corrected chi connectivity index (χ1v) is 14.5. The molecular formula is C31H42F3N5O4. The molecule has 0 saturated carbocycles. The molecule has 0 spiro atoms. The predicted molar refractivity (Wildman–Crippen MR) is 158 cm³/mol. The largest absolute Gasteiger partial charge is 0.455 e. The highest BCUT2D eigenvalue weighted by Gasteiger charge is 2.34. The number of aromatic nitrogens is 1. The molecular weight excluding hydrogens is 563 g/mol. The van der Waals surface area contributed by atoms with Crippen LogP contribution in [0.25, 0.3) is 17.0 Å². The smallest absolute Gasteiger partial charge is 0.379 e. The molecule has 1 aromatic carbocycles. The maximum Gasteiger partial charge on any atom is 0.379 e. The van der Waals surface area contributed by atoms with Crippen molar-refractivity contribution < 1.29 is 32.3 Å². The van der Waals surface area contributed by atoms with Crippen LogP contribution in [0.1, 0.15) is 71.7 Å². The van der Waals surface area contributed by atoms with Gasteiger partial charge < -0.3 is 15.4 Å². The topological polar surface area (TPSA) is 113 Å². The maximum atomic E-state index is 13.2. The number of esters is 1. The number of ether oxygens (including phenoxy) is 1. The third-order valence-electron chi connectivity index (χ3n) is 7.37. The zero-order chi connectivity index (χ0) is 31.9. The zero-order valence-corrected chi connectivity index (χ0v) is 25.5. The molecule has 43 heavy (non-hydrogen) atoms. The monoisotopic (exact) mass is 605 g/mol. The first-order chi connectivity index (χ1) is 20.2. The molecule has 2 aliphatic rings. The number of pyridine rings is 1. The van der Waals surface area contributed by atoms with Gasteiger partial charge in [0.05, 0.1) is 17.3 Å². The Bertz CT molecular complexity index is 1320. The number of nitrogens with zero attached hydrogens (tertiary/aromatic N) is 2. The van der Waals surface area contributed by atoms with Crippen molar-refractivity contribution in [1.29, 1.82) is 0 Å². The predicted octanol–water partition coefficient (Wildman–Crippen LogP) is 4.69. The van der Waals surface area contributed by atoms with E-state index in [2.05, 4.69) is 42.1 Å². The molecule has 0 radical (unpaired) electrons. The molecule has 1 saturated heterocycles. The molecule has 3 N–H and O–H groups in total. The number of benzene rings is 1. The number of fused-ring (bicyclic) bond motifs is 4. The second kappa shape index (κ2) is 14.8. The van der Waals surface area contributed by atoms with Gasteiger partial charge in [0.15, 0.2) is 0 Å². The Hall–Kier alpha value is -3.51. The van der Waals surface area contributed by atoms with E-state index in [1.807, 2.05) is 44.2 Å². The molecule has 5 bridgehead atoms. The lowest BCUT2D eigenvalue weighted by molar-refractivity contribution is -0.157. The normalized spacial score (nSPS) is 26.0. The molecule has 2 amide bonds. The third kappa shape index (κ3) is 9.75. The molecule has 2 aromatic rings. The van der Waals surface area contributed by atoms with Crippen LogP contribution in [0.15, 0.2) is 36.4 Å². The average molecular weight is 606 g/mol. The molecule has 236 valence electrons. The first kappa shape index (κ1) is 34.0. The third-order valence-corrected chi connectivity index (χ3v) is 7.37. The molecule has 1 aromatic heterocycles. The number of amides is 2. The van der Waals surface area contributed by atoms with Gasteiger partial charge in [-0.25, -0.2) is 10.4 Å². The summed E-state index contributed by atoms with van der Waals surface area (Å²) in [7, 11) is 0. The van der Waals surface area contributed by atoms with Crippen LogP contribution < -0.4 is 16.1 Å². The van der Waals surface area contributed by atoms with E-state index in [-0.39, 0.29) is 23.1 Å². The van der Waals surface area contributed by atoms with Gasteiger partial charge in [0.25, 0.3) is 5.91 Å². The fourth-order valence-electron chi connectivity index (χ4n) is 4.90. The second-order valence-electron chi connectivity index (χ2n) is 12.0. The molecule has 12 heteroatoms. The van der Waals surface area contributed by atoms with Gasteiger partial charge in [-0.1, -0.05) is 58.0 Å². The van der Waals surface area contributed by atoms with Gasteiger partial charge in [-0.3, -0.25) is 19.4 Å². The Kier molecular flexibility index (Phi) is 11.7. The van der Waals surface area contributed by atoms with Crippen LogP contribution in [0.5, 0.6) is 0 Å². The minimum atomic E-state index is -3.67. The summed E-state index contributed by atoms with van der Waals surface area (Å²) in [6.07, 6.45) is 4.82. The van der Waals surface area contributed by atoms with Gasteiger partial charge >= 0.3 is 12.6 Å². The fraction of sp³-hybridized carbons (Fsp3) is 0.548. The summed E-state index contributed by atoms with van der Waals surface area (Å²) >= 11 is 0. The Morgan fingerprint density at radius 2 is 1.74 bits per heavy atom. The fourth-order valence-corrected chi connectivity index (χ4v) is 4.90. The van der Waals surface area contributed by atoms with Crippen LogP contribution >= 0.6 is 0 Å². The number of hydrogen-bond acceptors (Lipinski definition) is 7. The summed E-state index contributed by atoms with van der Waals surface area (Å²) in [5.74, 6) is -0.942. The van der Waals surface area contributed by atoms with Gasteiger partial charge in [-0.2, -0.15) is 13.2 Å². The minimum Gasteiger partial charge on any atom is -0.455 e. The molecule has 9 nitrogen and oxygen atoms in total. The van der Waals surface area contributed by atoms with Crippen molar-refractivity contribution in [3.8, 4) is 0 Å². The summed E-state index contributed by atoms with van der Waals surface area (Å²) in [5, 5.41) is 8.71. The van der Waals surface area contributed by atoms with Gasteiger partial charge in [0, 0.05) is 18.5 Å². The molecule has 3 heterocycles. The van der Waals surface area contributed by atoms with E-state index in [0.29, 0.717) is 31.6 Å². The first-order valence-electron chi connectivity index (χ1n) is 14.5. The van der Waals surface area contributed by atoms with Crippen molar-refractivity contribution in [3.63, 3.8) is 0 Å². The summed E-state index contributed by atoms with van der Waals surface area (Å²) in [6, 6.07) is 8.07. The highest BCUT2D eigenvalue weighted by molar-refractivity contribution is 5.90. The van der Waals surface area contributed by atoms with E-state index in [1.165, 1.54) is 5.01 Å². The quantitative estimate of drug-likeness (QED) is 0.405. The lowest BCUT2D eigenvalue weighted by Crippen LogP contribution is -2.61. The molecule has 2 aliphatic heterocycles. The van der Waals surface area contributed by atoms with E-state index in [0.717, 1.165) is 16.5 Å². The van der Waals surface area contributed by atoms with Crippen LogP contribution in [0.2, 0.25) is 0 Å². The number of halogens is 3. The van der Waals surface area contributed by atoms with E-state index >= 15 is 0 Å². The molecule has 0 aliphatic carbocycles. The number of nitrogens with one attached hydrogen (secondary N) is 3. The Morgan fingerprint density at radius 1 is 1.07 bits per heavy atom. The van der Waals surface area contributed by atoms with E-state index in [4.69, 9.17) is 9.72 Å². The number of hydrazine groups is 1. The van der Waals surface area contributed by atoms with Crippen molar-refractivity contribution in [1.82, 2.24) is 26.1 Å². The zero-order valence-electron chi connectivity index (χ0n) is 25.5. The van der Waals surface area contributed by atoms with Gasteiger partial charge in [0.1, 0.15) is 18.2 Å². The van der Waals surface area contributed by atoms with Crippen LogP contribution in [-0.2, 0) is 19.1 Å². The van der Waals surface area contributed by atoms with Crippen LogP contribution in [0.4, 0.5) is 13.2 Å². The van der Waals surface area contributed by atoms with E-state index < -0.39 is 36.9 Å². The number of cyclic esters (lactones) is 1. The van der Waals surface area contributed by atoms with Crippen LogP contribution in [0, 0.1) is 11.3 Å². The molecule has 4 rings (SSSR count). The van der Waals surface area contributed by atoms with Crippen molar-refractivity contribution in [3.05, 3.63) is 47.7 Å². The Balaban J connectivity index is 0.00000119.